The highest BCUT2D eigenvalue weighted by Crippen LogP contribution is 2.34. The van der Waals surface area contributed by atoms with E-state index in [1.807, 2.05) is 22.0 Å². The summed E-state index contributed by atoms with van der Waals surface area (Å²) in [6.07, 6.45) is 5.40. The molecule has 3 aromatic heterocycles. The lowest BCUT2D eigenvalue weighted by Crippen LogP contribution is -2.47. The Hall–Kier alpha value is -2.05. The zero-order chi connectivity index (χ0) is 22.3. The van der Waals surface area contributed by atoms with Gasteiger partial charge in [-0.05, 0) is 18.9 Å². The lowest BCUT2D eigenvalue weighted by Gasteiger charge is -2.34. The Kier molecular flexibility index (Phi) is 5.93. The van der Waals surface area contributed by atoms with Gasteiger partial charge in [0.25, 0.3) is 0 Å². The Labute approximate surface area is 192 Å². The monoisotopic (exact) mass is 475 g/mol. The Balaban J connectivity index is 1.45. The van der Waals surface area contributed by atoms with Crippen molar-refractivity contribution in [2.24, 2.45) is 0 Å². The molecule has 0 saturated carbocycles. The third-order valence-electron chi connectivity index (χ3n) is 6.00. The number of thiophene rings is 1. The average Bonchev–Trinajstić information content (AvgIpc) is 3.38. The molecule has 2 aliphatic heterocycles. The number of anilines is 1. The number of aromatic nitrogens is 4. The molecule has 1 atom stereocenters. The second-order valence-electron chi connectivity index (χ2n) is 8.38. The fourth-order valence-electron chi connectivity index (χ4n) is 4.21. The lowest BCUT2D eigenvalue weighted by atomic mass is 10.3. The molecule has 0 radical (unpaired) electrons. The van der Waals surface area contributed by atoms with Gasteiger partial charge in [0.05, 0.1) is 23.4 Å². The van der Waals surface area contributed by atoms with Crippen LogP contribution in [0.1, 0.15) is 10.7 Å². The third kappa shape index (κ3) is 4.40. The number of aryl methyl sites for hydroxylation is 1. The Morgan fingerprint density at radius 2 is 1.91 bits per heavy atom. The molecule has 2 aliphatic rings. The highest BCUT2D eigenvalue weighted by molar-refractivity contribution is 7.97. The molecule has 172 valence electrons. The van der Waals surface area contributed by atoms with Gasteiger partial charge >= 0.3 is 0 Å². The molecule has 0 aliphatic carbocycles. The fourth-order valence-corrected chi connectivity index (χ4v) is 6.30. The van der Waals surface area contributed by atoms with Crippen LogP contribution >= 0.6 is 11.3 Å². The van der Waals surface area contributed by atoms with Gasteiger partial charge in [-0.3, -0.25) is 13.7 Å². The van der Waals surface area contributed by atoms with E-state index < -0.39 is 9.71 Å². The summed E-state index contributed by atoms with van der Waals surface area (Å²) in [5, 5.41) is 0. The lowest BCUT2D eigenvalue weighted by molar-refractivity contribution is 0.122. The molecule has 0 amide bonds. The van der Waals surface area contributed by atoms with Gasteiger partial charge in [0.15, 0.2) is 5.82 Å². The standard InChI is InChI=1S/C21H29N7O2S2/c1-16-22-4-5-28(16)21-23-18-14-17(15-25-6-8-27(9-7-25)32(2,3)29)31-19(18)20(24-21)26-10-12-30-13-11-26/h4-5,14H,2,6-13,15H2,1,3H3. The molecule has 2 saturated heterocycles. The highest BCUT2D eigenvalue weighted by atomic mass is 32.2. The first-order chi connectivity index (χ1) is 15.4. The van der Waals surface area contributed by atoms with Crippen LogP contribution in [-0.4, -0.2) is 97.5 Å². The van der Waals surface area contributed by atoms with Gasteiger partial charge in [0.1, 0.15) is 5.82 Å². The molecular formula is C21H29N7O2S2. The zero-order valence-electron chi connectivity index (χ0n) is 18.6. The van der Waals surface area contributed by atoms with Gasteiger partial charge < -0.3 is 9.64 Å². The van der Waals surface area contributed by atoms with Crippen molar-refractivity contribution >= 4 is 42.9 Å². The third-order valence-corrected chi connectivity index (χ3v) is 8.56. The maximum atomic E-state index is 12.2. The maximum absolute atomic E-state index is 12.2. The topological polar surface area (TPSA) is 79.6 Å². The molecule has 0 bridgehead atoms. The fraction of sp³-hybridized carbons (Fsp3) is 0.524. The second-order valence-corrected chi connectivity index (χ2v) is 12.0. The molecule has 9 nitrogen and oxygen atoms in total. The van der Waals surface area contributed by atoms with E-state index in [-0.39, 0.29) is 0 Å². The number of rotatable bonds is 5. The molecule has 11 heteroatoms. The van der Waals surface area contributed by atoms with Gasteiger partial charge in [0, 0.05) is 79.0 Å². The van der Waals surface area contributed by atoms with Crippen LogP contribution in [0.4, 0.5) is 5.82 Å². The van der Waals surface area contributed by atoms with Crippen molar-refractivity contribution in [1.82, 2.24) is 28.7 Å². The summed E-state index contributed by atoms with van der Waals surface area (Å²) in [7, 11) is -2.12. The number of ether oxygens (including phenoxy) is 1. The van der Waals surface area contributed by atoms with Crippen molar-refractivity contribution in [2.75, 3.05) is 63.6 Å². The van der Waals surface area contributed by atoms with Crippen LogP contribution in [0.5, 0.6) is 0 Å². The van der Waals surface area contributed by atoms with Crippen molar-refractivity contribution in [3.05, 3.63) is 29.2 Å². The average molecular weight is 476 g/mol. The van der Waals surface area contributed by atoms with Crippen LogP contribution in [0.15, 0.2) is 18.5 Å². The van der Waals surface area contributed by atoms with Crippen LogP contribution in [0, 0.1) is 6.92 Å². The molecule has 3 aromatic rings. The highest BCUT2D eigenvalue weighted by Gasteiger charge is 2.23. The van der Waals surface area contributed by atoms with E-state index in [1.165, 1.54) is 4.88 Å². The molecule has 0 aromatic carbocycles. The maximum Gasteiger partial charge on any atom is 0.237 e. The number of nitrogens with zero attached hydrogens (tertiary/aromatic N) is 7. The van der Waals surface area contributed by atoms with Crippen molar-refractivity contribution in [3.63, 3.8) is 0 Å². The Morgan fingerprint density at radius 1 is 1.16 bits per heavy atom. The summed E-state index contributed by atoms with van der Waals surface area (Å²) in [5.74, 6) is 6.32. The molecule has 2 fully saturated rings. The van der Waals surface area contributed by atoms with Crippen molar-refractivity contribution in [3.8, 4) is 5.95 Å². The first-order valence-corrected chi connectivity index (χ1v) is 13.7. The summed E-state index contributed by atoms with van der Waals surface area (Å²) in [6.45, 7) is 9.22. The molecule has 0 spiro atoms. The Bertz CT molecular complexity index is 1210. The Morgan fingerprint density at radius 3 is 2.56 bits per heavy atom. The number of fused-ring (bicyclic) bond motifs is 1. The van der Waals surface area contributed by atoms with Crippen molar-refractivity contribution < 1.29 is 8.95 Å². The molecule has 1 unspecified atom stereocenters. The molecule has 5 heterocycles. The number of imidazole rings is 1. The molecule has 0 N–H and O–H groups in total. The number of hydrogen-bond donors (Lipinski definition) is 0. The van der Waals surface area contributed by atoms with Crippen molar-refractivity contribution in [1.29, 1.82) is 0 Å². The van der Waals surface area contributed by atoms with Crippen LogP contribution in [0.2, 0.25) is 0 Å². The largest absolute Gasteiger partial charge is 0.378 e. The number of morpholine rings is 1. The second kappa shape index (κ2) is 8.71. The van der Waals surface area contributed by atoms with Gasteiger partial charge in [0.2, 0.25) is 5.95 Å². The number of piperazine rings is 1. The predicted octanol–water partition coefficient (Wildman–Crippen LogP) is 1.40. The van der Waals surface area contributed by atoms with Crippen LogP contribution in [-0.2, 0) is 21.0 Å². The first kappa shape index (κ1) is 21.8. The van der Waals surface area contributed by atoms with Crippen molar-refractivity contribution in [2.45, 2.75) is 13.5 Å². The van der Waals surface area contributed by atoms with Gasteiger partial charge in [-0.15, -0.1) is 11.3 Å². The molecular weight excluding hydrogens is 446 g/mol. The summed E-state index contributed by atoms with van der Waals surface area (Å²) in [6, 6.07) is 2.19. The molecule has 5 rings (SSSR count). The van der Waals surface area contributed by atoms with E-state index in [0.29, 0.717) is 19.2 Å². The zero-order valence-corrected chi connectivity index (χ0v) is 20.2. The summed E-state index contributed by atoms with van der Waals surface area (Å²) >= 11 is 1.77. The first-order valence-electron chi connectivity index (χ1n) is 10.8. The SMILES string of the molecule is C=S(C)(=O)N1CCN(Cc2cc3nc(-n4ccnc4C)nc(N4CCOCC4)c3s2)CC1. The van der Waals surface area contributed by atoms with E-state index in [4.69, 9.17) is 14.7 Å². The van der Waals surface area contributed by atoms with Crippen LogP contribution in [0.25, 0.3) is 16.2 Å². The normalized spacial score (nSPS) is 20.6. The van der Waals surface area contributed by atoms with Gasteiger partial charge in [-0.2, -0.15) is 4.98 Å². The van der Waals surface area contributed by atoms with Crippen LogP contribution in [0.3, 0.4) is 0 Å². The number of hydrogen-bond acceptors (Lipinski definition) is 8. The van der Waals surface area contributed by atoms with E-state index in [9.17, 15) is 4.21 Å². The predicted molar refractivity (Wildman–Crippen MR) is 130 cm³/mol. The minimum absolute atomic E-state index is 0.653. The summed E-state index contributed by atoms with van der Waals surface area (Å²) < 4.78 is 22.8. The molecule has 32 heavy (non-hydrogen) atoms. The van der Waals surface area contributed by atoms with E-state index in [1.54, 1.807) is 23.8 Å². The van der Waals surface area contributed by atoms with Crippen LogP contribution < -0.4 is 4.90 Å². The summed E-state index contributed by atoms with van der Waals surface area (Å²) in [5.41, 5.74) is 0.970. The smallest absolute Gasteiger partial charge is 0.237 e. The van der Waals surface area contributed by atoms with Gasteiger partial charge in [-0.1, -0.05) is 0 Å². The summed E-state index contributed by atoms with van der Waals surface area (Å²) in [4.78, 5) is 20.2. The van der Waals surface area contributed by atoms with E-state index in [0.717, 1.165) is 67.7 Å². The van der Waals surface area contributed by atoms with Gasteiger partial charge in [-0.25, -0.2) is 14.3 Å². The minimum atomic E-state index is -2.12. The van der Waals surface area contributed by atoms with E-state index >= 15 is 0 Å². The van der Waals surface area contributed by atoms with E-state index in [2.05, 4.69) is 26.7 Å². The minimum Gasteiger partial charge on any atom is -0.378 e. The quantitative estimate of drug-likeness (QED) is 0.516.